The van der Waals surface area contributed by atoms with Crippen LogP contribution in [0.1, 0.15) is 25.5 Å². The number of rotatable bonds is 3. The lowest BCUT2D eigenvalue weighted by atomic mass is 10.1. The lowest BCUT2D eigenvalue weighted by molar-refractivity contribution is -0.130. The molecule has 0 heterocycles. The molecule has 0 spiro atoms. The van der Waals surface area contributed by atoms with Crippen LogP contribution in [0.5, 0.6) is 0 Å². The molecule has 0 bridgehead atoms. The third kappa shape index (κ3) is 3.22. The van der Waals surface area contributed by atoms with Gasteiger partial charge in [-0.05, 0) is 31.5 Å². The van der Waals surface area contributed by atoms with Crippen molar-refractivity contribution in [3.05, 3.63) is 34.9 Å². The molecule has 0 aromatic heterocycles. The van der Waals surface area contributed by atoms with Gasteiger partial charge < -0.3 is 4.90 Å². The third-order valence-corrected chi connectivity index (χ3v) is 3.26. The molecule has 4 heteroatoms. The van der Waals surface area contributed by atoms with Crippen molar-refractivity contribution >= 4 is 33.4 Å². The predicted octanol–water partition coefficient (Wildman–Crippen LogP) is 3.64. The highest BCUT2D eigenvalue weighted by Crippen LogP contribution is 2.22. The number of hydrogen-bond donors (Lipinski definition) is 0. The van der Waals surface area contributed by atoms with E-state index in [0.29, 0.717) is 5.02 Å². The number of hydrogen-bond acceptors (Lipinski definition) is 1. The van der Waals surface area contributed by atoms with Crippen LogP contribution in [-0.2, 0) is 4.79 Å². The fraction of sp³-hybridized carbons (Fsp3) is 0.417. The molecule has 0 N–H and O–H groups in total. The molecule has 0 fully saturated rings. The van der Waals surface area contributed by atoms with Crippen LogP contribution in [0.15, 0.2) is 24.3 Å². The van der Waals surface area contributed by atoms with Gasteiger partial charge in [0.1, 0.15) is 0 Å². The molecule has 1 aromatic carbocycles. The van der Waals surface area contributed by atoms with Gasteiger partial charge in [-0.1, -0.05) is 39.7 Å². The SMILES string of the molecule is CC(Br)C(=O)N(C)C(C)c1ccc(Cl)cc1. The first-order valence-electron chi connectivity index (χ1n) is 5.09. The zero-order chi connectivity index (χ0) is 12.3. The van der Waals surface area contributed by atoms with Crippen LogP contribution in [-0.4, -0.2) is 22.7 Å². The molecule has 88 valence electrons. The number of benzene rings is 1. The molecule has 1 amide bonds. The Morgan fingerprint density at radius 1 is 1.31 bits per heavy atom. The fourth-order valence-electron chi connectivity index (χ4n) is 1.44. The van der Waals surface area contributed by atoms with Gasteiger partial charge in [0, 0.05) is 12.1 Å². The number of carbonyl (C=O) groups is 1. The first kappa shape index (κ1) is 13.5. The number of carbonyl (C=O) groups excluding carboxylic acids is 1. The predicted molar refractivity (Wildman–Crippen MR) is 71.0 cm³/mol. The molecule has 0 aliphatic rings. The Bertz CT molecular complexity index is 364. The zero-order valence-electron chi connectivity index (χ0n) is 9.58. The van der Waals surface area contributed by atoms with Crippen LogP contribution in [0, 0.1) is 0 Å². The van der Waals surface area contributed by atoms with Crippen molar-refractivity contribution in [3.8, 4) is 0 Å². The minimum absolute atomic E-state index is 0.0461. The van der Waals surface area contributed by atoms with Crippen LogP contribution in [0.3, 0.4) is 0 Å². The second kappa shape index (κ2) is 5.69. The lowest BCUT2D eigenvalue weighted by Crippen LogP contribution is -2.34. The van der Waals surface area contributed by atoms with Gasteiger partial charge in [0.05, 0.1) is 10.9 Å². The van der Waals surface area contributed by atoms with E-state index in [0.717, 1.165) is 5.56 Å². The molecule has 0 radical (unpaired) electrons. The van der Waals surface area contributed by atoms with Crippen molar-refractivity contribution < 1.29 is 4.79 Å². The molecule has 2 nitrogen and oxygen atoms in total. The summed E-state index contributed by atoms with van der Waals surface area (Å²) in [6, 6.07) is 7.60. The molecule has 0 saturated heterocycles. The molecular formula is C12H15BrClNO. The molecule has 1 aromatic rings. The zero-order valence-corrected chi connectivity index (χ0v) is 11.9. The highest BCUT2D eigenvalue weighted by Gasteiger charge is 2.20. The van der Waals surface area contributed by atoms with E-state index in [4.69, 9.17) is 11.6 Å². The van der Waals surface area contributed by atoms with Gasteiger partial charge in [0.2, 0.25) is 5.91 Å². The second-order valence-electron chi connectivity index (χ2n) is 3.79. The fourth-order valence-corrected chi connectivity index (χ4v) is 1.89. The molecular weight excluding hydrogens is 289 g/mol. The molecule has 0 aliphatic carbocycles. The topological polar surface area (TPSA) is 20.3 Å². The lowest BCUT2D eigenvalue weighted by Gasteiger charge is -2.26. The minimum atomic E-state index is -0.160. The first-order valence-corrected chi connectivity index (χ1v) is 6.39. The molecule has 2 unspecified atom stereocenters. The molecule has 1 rings (SSSR count). The quantitative estimate of drug-likeness (QED) is 0.781. The van der Waals surface area contributed by atoms with E-state index in [2.05, 4.69) is 15.9 Å². The molecule has 2 atom stereocenters. The summed E-state index contributed by atoms with van der Waals surface area (Å²) in [5.41, 5.74) is 1.08. The largest absolute Gasteiger partial charge is 0.338 e. The number of alkyl halides is 1. The summed E-state index contributed by atoms with van der Waals surface area (Å²) in [5.74, 6) is 0.0717. The summed E-state index contributed by atoms with van der Waals surface area (Å²) in [7, 11) is 1.80. The Balaban J connectivity index is 2.81. The van der Waals surface area contributed by atoms with E-state index in [1.165, 1.54) is 0 Å². The summed E-state index contributed by atoms with van der Waals surface area (Å²) in [4.78, 5) is 13.3. The van der Waals surface area contributed by atoms with Crippen LogP contribution < -0.4 is 0 Å². The summed E-state index contributed by atoms with van der Waals surface area (Å²) in [6.07, 6.45) is 0. The van der Waals surface area contributed by atoms with Crippen LogP contribution in [0.4, 0.5) is 0 Å². The molecule has 0 aliphatic heterocycles. The van der Waals surface area contributed by atoms with E-state index in [-0.39, 0.29) is 16.8 Å². The maximum Gasteiger partial charge on any atom is 0.236 e. The summed E-state index contributed by atoms with van der Waals surface area (Å²) < 4.78 is 0. The normalized spacial score (nSPS) is 14.3. The third-order valence-electron chi connectivity index (χ3n) is 2.62. The van der Waals surface area contributed by atoms with Crippen molar-refractivity contribution in [2.75, 3.05) is 7.05 Å². The van der Waals surface area contributed by atoms with E-state index >= 15 is 0 Å². The van der Waals surface area contributed by atoms with Crippen molar-refractivity contribution in [1.82, 2.24) is 4.90 Å². The summed E-state index contributed by atoms with van der Waals surface area (Å²) in [5, 5.41) is 0.707. The van der Waals surface area contributed by atoms with Gasteiger partial charge in [-0.15, -0.1) is 0 Å². The monoisotopic (exact) mass is 303 g/mol. The van der Waals surface area contributed by atoms with Crippen LogP contribution in [0.25, 0.3) is 0 Å². The van der Waals surface area contributed by atoms with Crippen LogP contribution >= 0.6 is 27.5 Å². The van der Waals surface area contributed by atoms with Gasteiger partial charge in [-0.3, -0.25) is 4.79 Å². The molecule has 16 heavy (non-hydrogen) atoms. The molecule has 0 saturated carbocycles. The first-order chi connectivity index (χ1) is 7.43. The van der Waals surface area contributed by atoms with Crippen LogP contribution in [0.2, 0.25) is 5.02 Å². The van der Waals surface area contributed by atoms with Crippen molar-refractivity contribution in [2.24, 2.45) is 0 Å². The number of nitrogens with zero attached hydrogens (tertiary/aromatic N) is 1. The summed E-state index contributed by atoms with van der Waals surface area (Å²) >= 11 is 9.10. The van der Waals surface area contributed by atoms with Gasteiger partial charge in [0.15, 0.2) is 0 Å². The Morgan fingerprint density at radius 2 is 1.81 bits per heavy atom. The number of halogens is 2. The Labute approximate surface area is 110 Å². The van der Waals surface area contributed by atoms with E-state index < -0.39 is 0 Å². The highest BCUT2D eigenvalue weighted by atomic mass is 79.9. The maximum atomic E-state index is 11.8. The smallest absolute Gasteiger partial charge is 0.236 e. The number of amides is 1. The van der Waals surface area contributed by atoms with E-state index in [9.17, 15) is 4.79 Å². The van der Waals surface area contributed by atoms with Crippen molar-refractivity contribution in [3.63, 3.8) is 0 Å². The van der Waals surface area contributed by atoms with E-state index in [1.54, 1.807) is 11.9 Å². The average molecular weight is 305 g/mol. The van der Waals surface area contributed by atoms with Gasteiger partial charge >= 0.3 is 0 Å². The highest BCUT2D eigenvalue weighted by molar-refractivity contribution is 9.10. The van der Waals surface area contributed by atoms with Crippen molar-refractivity contribution in [1.29, 1.82) is 0 Å². The maximum absolute atomic E-state index is 11.8. The average Bonchev–Trinajstić information content (AvgIpc) is 2.27. The standard InChI is InChI=1S/C12H15BrClNO/c1-8(13)12(16)15(3)9(2)10-4-6-11(14)7-5-10/h4-9H,1-3H3. The van der Waals surface area contributed by atoms with Crippen molar-refractivity contribution in [2.45, 2.75) is 24.7 Å². The minimum Gasteiger partial charge on any atom is -0.338 e. The Kier molecular flexibility index (Phi) is 4.81. The van der Waals surface area contributed by atoms with Gasteiger partial charge in [-0.2, -0.15) is 0 Å². The van der Waals surface area contributed by atoms with Gasteiger partial charge in [-0.25, -0.2) is 0 Å². The summed E-state index contributed by atoms with van der Waals surface area (Å²) in [6.45, 7) is 3.82. The van der Waals surface area contributed by atoms with Gasteiger partial charge in [0.25, 0.3) is 0 Å². The second-order valence-corrected chi connectivity index (χ2v) is 5.60. The Morgan fingerprint density at radius 3 is 2.25 bits per heavy atom. The van der Waals surface area contributed by atoms with E-state index in [1.807, 2.05) is 38.1 Å². The Hall–Kier alpha value is -0.540.